The van der Waals surface area contributed by atoms with Gasteiger partial charge in [-0.25, -0.2) is 0 Å². The van der Waals surface area contributed by atoms with Crippen LogP contribution in [0.3, 0.4) is 0 Å². The maximum Gasteiger partial charge on any atom is 0.258 e. The van der Waals surface area contributed by atoms with Crippen LogP contribution >= 0.6 is 0 Å². The molecule has 6 heteroatoms. The number of furan rings is 1. The third-order valence-electron chi connectivity index (χ3n) is 5.36. The second-order valence-electron chi connectivity index (χ2n) is 8.15. The van der Waals surface area contributed by atoms with Gasteiger partial charge in [-0.05, 0) is 58.0 Å². The van der Waals surface area contributed by atoms with Crippen molar-refractivity contribution >= 4 is 5.91 Å². The van der Waals surface area contributed by atoms with E-state index in [1.54, 1.807) is 6.26 Å². The molecule has 2 aromatic rings. The van der Waals surface area contributed by atoms with E-state index in [-0.39, 0.29) is 24.2 Å². The first kappa shape index (κ1) is 18.9. The summed E-state index contributed by atoms with van der Waals surface area (Å²) in [6.07, 6.45) is 4.89. The smallest absolute Gasteiger partial charge is 0.258 e. The molecule has 1 unspecified atom stereocenters. The van der Waals surface area contributed by atoms with Gasteiger partial charge >= 0.3 is 0 Å². The van der Waals surface area contributed by atoms with Crippen molar-refractivity contribution in [3.63, 3.8) is 0 Å². The number of carbonyl (C=O) groups is 1. The minimum atomic E-state index is -0.240. The van der Waals surface area contributed by atoms with Crippen molar-refractivity contribution < 1.29 is 18.7 Å². The summed E-state index contributed by atoms with van der Waals surface area (Å²) in [5.74, 6) is 2.12. The van der Waals surface area contributed by atoms with E-state index in [0.29, 0.717) is 12.3 Å². The summed E-state index contributed by atoms with van der Waals surface area (Å²) in [6, 6.07) is 9.76. The molecule has 1 saturated heterocycles. The number of ether oxygens (including phenoxy) is 2. The molecule has 0 bridgehead atoms. The van der Waals surface area contributed by atoms with Crippen molar-refractivity contribution in [3.05, 3.63) is 47.9 Å². The second-order valence-corrected chi connectivity index (χ2v) is 8.15. The average Bonchev–Trinajstić information content (AvgIpc) is 3.40. The van der Waals surface area contributed by atoms with E-state index in [4.69, 9.17) is 13.9 Å². The summed E-state index contributed by atoms with van der Waals surface area (Å²) in [5.41, 5.74) is 0.880. The molecule has 1 atom stereocenters. The zero-order chi connectivity index (χ0) is 19.6. The molecule has 1 fully saturated rings. The van der Waals surface area contributed by atoms with E-state index in [1.807, 2.05) is 30.3 Å². The molecule has 1 aromatic carbocycles. The molecule has 150 valence electrons. The maximum atomic E-state index is 12.4. The molecule has 0 radical (unpaired) electrons. The van der Waals surface area contributed by atoms with Gasteiger partial charge in [-0.1, -0.05) is 12.1 Å². The summed E-state index contributed by atoms with van der Waals surface area (Å²) in [4.78, 5) is 14.8. The molecule has 4 rings (SSSR count). The van der Waals surface area contributed by atoms with E-state index < -0.39 is 0 Å². The predicted octanol–water partition coefficient (Wildman–Crippen LogP) is 3.33. The Morgan fingerprint density at radius 3 is 2.82 bits per heavy atom. The van der Waals surface area contributed by atoms with E-state index in [9.17, 15) is 4.79 Å². The Balaban J connectivity index is 1.33. The van der Waals surface area contributed by atoms with E-state index >= 15 is 0 Å². The molecule has 28 heavy (non-hydrogen) atoms. The standard InChI is InChI=1S/C22H28N2O4/c1-22(2)13-16-7-5-8-19(21(16)28-22)27-15-20(25)23-14-17(18-9-6-12-26-18)24-10-3-4-11-24/h5-9,12,17H,3-4,10-11,13-15H2,1-2H3,(H,23,25). The third kappa shape index (κ3) is 4.17. The van der Waals surface area contributed by atoms with Gasteiger partial charge in [-0.2, -0.15) is 0 Å². The van der Waals surface area contributed by atoms with Crippen molar-refractivity contribution in [1.29, 1.82) is 0 Å². The van der Waals surface area contributed by atoms with Gasteiger partial charge in [0.2, 0.25) is 0 Å². The summed E-state index contributed by atoms with van der Waals surface area (Å²) in [7, 11) is 0. The average molecular weight is 384 g/mol. The SMILES string of the molecule is CC1(C)Cc2cccc(OCC(=O)NCC(c3ccco3)N3CCCC3)c2O1. The van der Waals surface area contributed by atoms with Gasteiger partial charge in [0, 0.05) is 18.5 Å². The molecule has 1 amide bonds. The van der Waals surface area contributed by atoms with E-state index in [2.05, 4.69) is 24.1 Å². The molecule has 0 saturated carbocycles. The Labute approximate surface area is 165 Å². The van der Waals surface area contributed by atoms with Crippen molar-refractivity contribution in [2.75, 3.05) is 26.2 Å². The number of nitrogens with one attached hydrogen (secondary N) is 1. The number of nitrogens with zero attached hydrogens (tertiary/aromatic N) is 1. The lowest BCUT2D eigenvalue weighted by molar-refractivity contribution is -0.123. The number of amides is 1. The quantitative estimate of drug-likeness (QED) is 0.793. The molecule has 0 spiro atoms. The van der Waals surface area contributed by atoms with E-state index in [1.165, 1.54) is 12.8 Å². The highest BCUT2D eigenvalue weighted by atomic mass is 16.5. The maximum absolute atomic E-state index is 12.4. The van der Waals surface area contributed by atoms with Crippen molar-refractivity contribution in [2.24, 2.45) is 0 Å². The minimum Gasteiger partial charge on any atom is -0.483 e. The van der Waals surface area contributed by atoms with Gasteiger partial charge in [0.25, 0.3) is 5.91 Å². The lowest BCUT2D eigenvalue weighted by Crippen LogP contribution is -2.38. The van der Waals surface area contributed by atoms with Gasteiger partial charge in [-0.3, -0.25) is 9.69 Å². The fourth-order valence-electron chi connectivity index (χ4n) is 4.05. The topological polar surface area (TPSA) is 63.9 Å². The highest BCUT2D eigenvalue weighted by molar-refractivity contribution is 5.77. The normalized spacial score (nSPS) is 19.1. The zero-order valence-corrected chi connectivity index (χ0v) is 16.6. The molecular formula is C22H28N2O4. The second kappa shape index (κ2) is 7.87. The highest BCUT2D eigenvalue weighted by Crippen LogP contribution is 2.41. The minimum absolute atomic E-state index is 0.0366. The Morgan fingerprint density at radius 2 is 2.07 bits per heavy atom. The van der Waals surface area contributed by atoms with Crippen molar-refractivity contribution in [2.45, 2.75) is 44.8 Å². The molecule has 1 N–H and O–H groups in total. The Kier molecular flexibility index (Phi) is 5.31. The molecule has 3 heterocycles. The number of fused-ring (bicyclic) bond motifs is 1. The lowest BCUT2D eigenvalue weighted by Gasteiger charge is -2.26. The predicted molar refractivity (Wildman–Crippen MR) is 106 cm³/mol. The Bertz CT molecular complexity index is 810. The van der Waals surface area contributed by atoms with Crippen LogP contribution < -0.4 is 14.8 Å². The first-order valence-corrected chi connectivity index (χ1v) is 10.00. The van der Waals surface area contributed by atoms with Crippen LogP contribution in [-0.4, -0.2) is 42.6 Å². The number of hydrogen-bond acceptors (Lipinski definition) is 5. The summed E-state index contributed by atoms with van der Waals surface area (Å²) in [5, 5.41) is 3.00. The van der Waals surface area contributed by atoms with Crippen LogP contribution in [0.25, 0.3) is 0 Å². The number of benzene rings is 1. The first-order chi connectivity index (χ1) is 13.5. The number of rotatable bonds is 7. The first-order valence-electron chi connectivity index (χ1n) is 10.00. The molecule has 6 nitrogen and oxygen atoms in total. The number of para-hydroxylation sites is 1. The fraction of sp³-hybridized carbons (Fsp3) is 0.500. The molecule has 2 aliphatic rings. The van der Waals surface area contributed by atoms with Gasteiger partial charge in [0.1, 0.15) is 11.4 Å². The number of hydrogen-bond donors (Lipinski definition) is 1. The molecule has 2 aliphatic heterocycles. The zero-order valence-electron chi connectivity index (χ0n) is 16.6. The van der Waals surface area contributed by atoms with Crippen LogP contribution in [0.4, 0.5) is 0 Å². The Morgan fingerprint density at radius 1 is 1.25 bits per heavy atom. The van der Waals surface area contributed by atoms with Gasteiger partial charge in [0.15, 0.2) is 18.1 Å². The van der Waals surface area contributed by atoms with Crippen LogP contribution in [0, 0.1) is 0 Å². The summed E-state index contributed by atoms with van der Waals surface area (Å²) >= 11 is 0. The third-order valence-corrected chi connectivity index (χ3v) is 5.36. The Hall–Kier alpha value is -2.47. The van der Waals surface area contributed by atoms with Crippen LogP contribution in [0.15, 0.2) is 41.0 Å². The van der Waals surface area contributed by atoms with Crippen LogP contribution in [-0.2, 0) is 11.2 Å². The number of carbonyl (C=O) groups excluding carboxylic acids is 1. The molecule has 1 aromatic heterocycles. The van der Waals surface area contributed by atoms with Crippen LogP contribution in [0.2, 0.25) is 0 Å². The van der Waals surface area contributed by atoms with Crippen LogP contribution in [0.5, 0.6) is 11.5 Å². The lowest BCUT2D eigenvalue weighted by atomic mass is 10.0. The van der Waals surface area contributed by atoms with Gasteiger partial charge < -0.3 is 19.2 Å². The fourth-order valence-corrected chi connectivity index (χ4v) is 4.05. The van der Waals surface area contributed by atoms with Crippen LogP contribution in [0.1, 0.15) is 44.1 Å². The van der Waals surface area contributed by atoms with Gasteiger partial charge in [-0.15, -0.1) is 0 Å². The van der Waals surface area contributed by atoms with Crippen molar-refractivity contribution in [1.82, 2.24) is 10.2 Å². The summed E-state index contributed by atoms with van der Waals surface area (Å²) in [6.45, 7) is 6.63. The summed E-state index contributed by atoms with van der Waals surface area (Å²) < 4.78 is 17.4. The molecular weight excluding hydrogens is 356 g/mol. The monoisotopic (exact) mass is 384 g/mol. The van der Waals surface area contributed by atoms with E-state index in [0.717, 1.165) is 36.6 Å². The highest BCUT2D eigenvalue weighted by Gasteiger charge is 2.32. The van der Waals surface area contributed by atoms with Gasteiger partial charge in [0.05, 0.1) is 12.3 Å². The van der Waals surface area contributed by atoms with Crippen molar-refractivity contribution in [3.8, 4) is 11.5 Å². The number of likely N-dealkylation sites (tertiary alicyclic amines) is 1. The largest absolute Gasteiger partial charge is 0.483 e. The molecule has 0 aliphatic carbocycles.